The molecule has 0 aliphatic rings. The van der Waals surface area contributed by atoms with Gasteiger partial charge in [-0.3, -0.25) is 0 Å². The Balaban J connectivity index is 1.77. The third-order valence-electron chi connectivity index (χ3n) is 3.05. The van der Waals surface area contributed by atoms with Gasteiger partial charge < -0.3 is 14.6 Å². The SMILES string of the molecule is Cc1noc(C)c1CN[C@@H](C)COc1ccccc1. The number of nitrogens with one attached hydrogen (secondary N) is 1. The minimum absolute atomic E-state index is 0.258. The smallest absolute Gasteiger partial charge is 0.138 e. The zero-order valence-electron chi connectivity index (χ0n) is 11.6. The topological polar surface area (TPSA) is 47.3 Å². The molecule has 0 aliphatic heterocycles. The first-order chi connectivity index (χ1) is 9.16. The molecule has 0 aliphatic carbocycles. The zero-order valence-corrected chi connectivity index (χ0v) is 11.6. The molecule has 4 nitrogen and oxygen atoms in total. The summed E-state index contributed by atoms with van der Waals surface area (Å²) in [6.07, 6.45) is 0. The zero-order chi connectivity index (χ0) is 13.7. The highest BCUT2D eigenvalue weighted by Gasteiger charge is 2.10. The molecule has 1 atom stereocenters. The second-order valence-corrected chi connectivity index (χ2v) is 4.71. The van der Waals surface area contributed by atoms with Crippen molar-refractivity contribution in [3.8, 4) is 5.75 Å². The first-order valence-corrected chi connectivity index (χ1v) is 6.50. The number of aryl methyl sites for hydroxylation is 2. The van der Waals surface area contributed by atoms with Crippen molar-refractivity contribution in [2.24, 2.45) is 0 Å². The Bertz CT molecular complexity index is 489. The summed E-state index contributed by atoms with van der Waals surface area (Å²) in [5, 5.41) is 7.35. The van der Waals surface area contributed by atoms with Gasteiger partial charge in [0.2, 0.25) is 0 Å². The van der Waals surface area contributed by atoms with Crippen LogP contribution in [-0.4, -0.2) is 17.8 Å². The number of aromatic nitrogens is 1. The predicted molar refractivity (Wildman–Crippen MR) is 74.2 cm³/mol. The van der Waals surface area contributed by atoms with Crippen LogP contribution >= 0.6 is 0 Å². The number of hydrogen-bond acceptors (Lipinski definition) is 4. The molecule has 0 spiro atoms. The largest absolute Gasteiger partial charge is 0.492 e. The third kappa shape index (κ3) is 3.83. The van der Waals surface area contributed by atoms with Crippen molar-refractivity contribution in [1.29, 1.82) is 0 Å². The van der Waals surface area contributed by atoms with Gasteiger partial charge in [0.15, 0.2) is 0 Å². The van der Waals surface area contributed by atoms with Gasteiger partial charge in [-0.1, -0.05) is 23.4 Å². The van der Waals surface area contributed by atoms with Crippen LogP contribution in [0.4, 0.5) is 0 Å². The molecular formula is C15H20N2O2. The van der Waals surface area contributed by atoms with Crippen molar-refractivity contribution in [2.45, 2.75) is 33.4 Å². The summed E-state index contributed by atoms with van der Waals surface area (Å²) in [4.78, 5) is 0. The second kappa shape index (κ2) is 6.38. The van der Waals surface area contributed by atoms with E-state index in [-0.39, 0.29) is 6.04 Å². The summed E-state index contributed by atoms with van der Waals surface area (Å²) in [7, 11) is 0. The van der Waals surface area contributed by atoms with Crippen molar-refractivity contribution in [3.05, 3.63) is 47.3 Å². The molecule has 102 valence electrons. The van der Waals surface area contributed by atoms with E-state index in [1.165, 1.54) is 0 Å². The van der Waals surface area contributed by atoms with Crippen molar-refractivity contribution in [3.63, 3.8) is 0 Å². The van der Waals surface area contributed by atoms with Crippen LogP contribution in [0.15, 0.2) is 34.9 Å². The second-order valence-electron chi connectivity index (χ2n) is 4.71. The van der Waals surface area contributed by atoms with Gasteiger partial charge in [0.1, 0.15) is 18.1 Å². The summed E-state index contributed by atoms with van der Waals surface area (Å²) < 4.78 is 10.8. The predicted octanol–water partition coefficient (Wildman–Crippen LogP) is 2.85. The standard InChI is InChI=1S/C15H20N2O2/c1-11(10-18-14-7-5-4-6-8-14)16-9-15-12(2)17-19-13(15)3/h4-8,11,16H,9-10H2,1-3H3/t11-/m0/s1. The summed E-state index contributed by atoms with van der Waals surface area (Å²) in [5.41, 5.74) is 2.08. The summed E-state index contributed by atoms with van der Waals surface area (Å²) in [6.45, 7) is 7.37. The maximum absolute atomic E-state index is 5.70. The molecule has 0 amide bonds. The minimum atomic E-state index is 0.258. The van der Waals surface area contributed by atoms with E-state index < -0.39 is 0 Å². The highest BCUT2D eigenvalue weighted by atomic mass is 16.5. The van der Waals surface area contributed by atoms with Crippen LogP contribution in [0.5, 0.6) is 5.75 Å². The number of para-hydroxylation sites is 1. The molecule has 2 aromatic rings. The molecule has 0 radical (unpaired) electrons. The van der Waals surface area contributed by atoms with Crippen molar-refractivity contribution in [1.82, 2.24) is 10.5 Å². The first-order valence-electron chi connectivity index (χ1n) is 6.50. The van der Waals surface area contributed by atoms with Crippen LogP contribution in [-0.2, 0) is 6.54 Å². The Hall–Kier alpha value is -1.81. The number of rotatable bonds is 6. The van der Waals surface area contributed by atoms with E-state index >= 15 is 0 Å². The van der Waals surface area contributed by atoms with Crippen LogP contribution in [0, 0.1) is 13.8 Å². The van der Waals surface area contributed by atoms with Crippen molar-refractivity contribution in [2.75, 3.05) is 6.61 Å². The van der Waals surface area contributed by atoms with Crippen LogP contribution in [0.2, 0.25) is 0 Å². The highest BCUT2D eigenvalue weighted by Crippen LogP contribution is 2.12. The summed E-state index contributed by atoms with van der Waals surface area (Å²) in [5.74, 6) is 1.77. The molecule has 19 heavy (non-hydrogen) atoms. The van der Waals surface area contributed by atoms with E-state index in [4.69, 9.17) is 9.26 Å². The van der Waals surface area contributed by atoms with Gasteiger partial charge >= 0.3 is 0 Å². The molecular weight excluding hydrogens is 240 g/mol. The third-order valence-corrected chi connectivity index (χ3v) is 3.05. The lowest BCUT2D eigenvalue weighted by Gasteiger charge is -2.14. The van der Waals surface area contributed by atoms with E-state index in [2.05, 4.69) is 17.4 Å². The van der Waals surface area contributed by atoms with Gasteiger partial charge in [-0.15, -0.1) is 0 Å². The van der Waals surface area contributed by atoms with E-state index in [1.807, 2.05) is 44.2 Å². The number of nitrogens with zero attached hydrogens (tertiary/aromatic N) is 1. The van der Waals surface area contributed by atoms with Crippen LogP contribution < -0.4 is 10.1 Å². The monoisotopic (exact) mass is 260 g/mol. The van der Waals surface area contributed by atoms with E-state index in [9.17, 15) is 0 Å². The Morgan fingerprint density at radius 1 is 1.26 bits per heavy atom. The highest BCUT2D eigenvalue weighted by molar-refractivity contribution is 5.21. The van der Waals surface area contributed by atoms with Gasteiger partial charge in [-0.2, -0.15) is 0 Å². The number of ether oxygens (including phenoxy) is 1. The molecule has 0 fully saturated rings. The van der Waals surface area contributed by atoms with Gasteiger partial charge in [-0.05, 0) is 32.9 Å². The lowest BCUT2D eigenvalue weighted by molar-refractivity contribution is 0.272. The fraction of sp³-hybridized carbons (Fsp3) is 0.400. The quantitative estimate of drug-likeness (QED) is 0.867. The number of benzene rings is 1. The van der Waals surface area contributed by atoms with Crippen LogP contribution in [0.1, 0.15) is 23.9 Å². The molecule has 4 heteroatoms. The summed E-state index contributed by atoms with van der Waals surface area (Å²) in [6, 6.07) is 10.1. The van der Waals surface area contributed by atoms with Crippen molar-refractivity contribution >= 4 is 0 Å². The van der Waals surface area contributed by atoms with Crippen LogP contribution in [0.25, 0.3) is 0 Å². The minimum Gasteiger partial charge on any atom is -0.492 e. The average Bonchev–Trinajstić information content (AvgIpc) is 2.75. The molecule has 0 saturated carbocycles. The molecule has 0 unspecified atom stereocenters. The Labute approximate surface area is 113 Å². The van der Waals surface area contributed by atoms with E-state index in [0.29, 0.717) is 6.61 Å². The molecule has 2 rings (SSSR count). The maximum Gasteiger partial charge on any atom is 0.138 e. The van der Waals surface area contributed by atoms with Gasteiger partial charge in [-0.25, -0.2) is 0 Å². The molecule has 0 bridgehead atoms. The van der Waals surface area contributed by atoms with E-state index in [0.717, 1.165) is 29.3 Å². The average molecular weight is 260 g/mol. The Kier molecular flexibility index (Phi) is 4.58. The molecule has 1 heterocycles. The molecule has 1 aromatic carbocycles. The van der Waals surface area contributed by atoms with Gasteiger partial charge in [0.25, 0.3) is 0 Å². The van der Waals surface area contributed by atoms with Crippen LogP contribution in [0.3, 0.4) is 0 Å². The molecule has 0 saturated heterocycles. The van der Waals surface area contributed by atoms with Gasteiger partial charge in [0.05, 0.1) is 5.69 Å². The van der Waals surface area contributed by atoms with Crippen molar-refractivity contribution < 1.29 is 9.26 Å². The normalized spacial score (nSPS) is 12.4. The van der Waals surface area contributed by atoms with E-state index in [1.54, 1.807) is 0 Å². The fourth-order valence-corrected chi connectivity index (χ4v) is 1.83. The molecule has 1 aromatic heterocycles. The maximum atomic E-state index is 5.70. The number of hydrogen-bond donors (Lipinski definition) is 1. The van der Waals surface area contributed by atoms with Gasteiger partial charge in [0, 0.05) is 18.2 Å². The Morgan fingerprint density at radius 2 is 2.00 bits per heavy atom. The lowest BCUT2D eigenvalue weighted by Crippen LogP contribution is -2.31. The summed E-state index contributed by atoms with van der Waals surface area (Å²) >= 11 is 0. The molecule has 1 N–H and O–H groups in total. The Morgan fingerprint density at radius 3 is 2.63 bits per heavy atom. The first kappa shape index (κ1) is 13.6. The lowest BCUT2D eigenvalue weighted by atomic mass is 10.2. The fourth-order valence-electron chi connectivity index (χ4n) is 1.83.